The standard InChI is InChI=1S/C17H26N2S/c1-3-16-12-19(8-9-20-16)17-7-4-13(2)10-14(17)11-18-15-5-6-15/h4,7,10,15-16,18H,3,5-6,8-9,11-12H2,1-2H3. The Labute approximate surface area is 127 Å². The van der Waals surface area contributed by atoms with E-state index in [9.17, 15) is 0 Å². The van der Waals surface area contributed by atoms with E-state index in [1.165, 1.54) is 54.9 Å². The fourth-order valence-corrected chi connectivity index (χ4v) is 4.07. The molecular formula is C17H26N2S. The number of aryl methyl sites for hydroxylation is 1. The fourth-order valence-electron chi connectivity index (χ4n) is 2.89. The van der Waals surface area contributed by atoms with E-state index in [2.05, 4.69) is 54.0 Å². The summed E-state index contributed by atoms with van der Waals surface area (Å²) in [6.45, 7) is 7.95. The zero-order valence-corrected chi connectivity index (χ0v) is 13.5. The van der Waals surface area contributed by atoms with E-state index in [0.717, 1.165) is 17.8 Å². The van der Waals surface area contributed by atoms with Gasteiger partial charge in [-0.3, -0.25) is 0 Å². The molecule has 20 heavy (non-hydrogen) atoms. The maximum absolute atomic E-state index is 3.67. The van der Waals surface area contributed by atoms with Crippen LogP contribution >= 0.6 is 11.8 Å². The van der Waals surface area contributed by atoms with Crippen LogP contribution in [0.15, 0.2) is 18.2 Å². The van der Waals surface area contributed by atoms with E-state index in [0.29, 0.717) is 0 Å². The summed E-state index contributed by atoms with van der Waals surface area (Å²) in [4.78, 5) is 2.61. The molecule has 2 nitrogen and oxygen atoms in total. The van der Waals surface area contributed by atoms with Gasteiger partial charge < -0.3 is 10.2 Å². The van der Waals surface area contributed by atoms with Crippen LogP contribution in [0.5, 0.6) is 0 Å². The highest BCUT2D eigenvalue weighted by Crippen LogP contribution is 2.29. The van der Waals surface area contributed by atoms with Gasteiger partial charge in [-0.2, -0.15) is 11.8 Å². The van der Waals surface area contributed by atoms with Crippen molar-refractivity contribution < 1.29 is 0 Å². The van der Waals surface area contributed by atoms with Crippen LogP contribution in [-0.2, 0) is 6.54 Å². The van der Waals surface area contributed by atoms with Gasteiger partial charge >= 0.3 is 0 Å². The molecule has 0 bridgehead atoms. The first-order valence-corrected chi connectivity index (χ1v) is 9.00. The summed E-state index contributed by atoms with van der Waals surface area (Å²) in [5.41, 5.74) is 4.32. The van der Waals surface area contributed by atoms with Crippen molar-refractivity contribution in [2.75, 3.05) is 23.7 Å². The quantitative estimate of drug-likeness (QED) is 0.892. The monoisotopic (exact) mass is 290 g/mol. The number of thioether (sulfide) groups is 1. The highest BCUT2D eigenvalue weighted by molar-refractivity contribution is 8.00. The molecule has 1 aliphatic heterocycles. The lowest BCUT2D eigenvalue weighted by molar-refractivity contribution is 0.677. The lowest BCUT2D eigenvalue weighted by Gasteiger charge is -2.35. The number of anilines is 1. The van der Waals surface area contributed by atoms with Crippen molar-refractivity contribution in [1.82, 2.24) is 5.32 Å². The molecule has 0 radical (unpaired) electrons. The Balaban J connectivity index is 1.75. The summed E-state index contributed by atoms with van der Waals surface area (Å²) in [6, 6.07) is 7.75. The van der Waals surface area contributed by atoms with Crippen LogP contribution in [0, 0.1) is 6.92 Å². The van der Waals surface area contributed by atoms with E-state index < -0.39 is 0 Å². The first-order chi connectivity index (χ1) is 9.76. The smallest absolute Gasteiger partial charge is 0.0412 e. The van der Waals surface area contributed by atoms with Crippen molar-refractivity contribution in [1.29, 1.82) is 0 Å². The highest BCUT2D eigenvalue weighted by atomic mass is 32.2. The van der Waals surface area contributed by atoms with Gasteiger partial charge in [-0.25, -0.2) is 0 Å². The minimum atomic E-state index is 0.781. The average Bonchev–Trinajstić information content (AvgIpc) is 3.29. The predicted octanol–water partition coefficient (Wildman–Crippen LogP) is 3.58. The van der Waals surface area contributed by atoms with Gasteiger partial charge in [0.1, 0.15) is 0 Å². The van der Waals surface area contributed by atoms with Crippen LogP contribution in [0.2, 0.25) is 0 Å². The molecule has 3 rings (SSSR count). The lowest BCUT2D eigenvalue weighted by Crippen LogP contribution is -2.38. The molecule has 1 aromatic rings. The first kappa shape index (κ1) is 14.3. The molecule has 0 amide bonds. The maximum atomic E-state index is 3.67. The summed E-state index contributed by atoms with van der Waals surface area (Å²) in [6.07, 6.45) is 4.00. The molecule has 3 heteroatoms. The molecule has 1 unspecified atom stereocenters. The van der Waals surface area contributed by atoms with E-state index in [1.54, 1.807) is 0 Å². The number of hydrogen-bond donors (Lipinski definition) is 1. The second-order valence-electron chi connectivity index (χ2n) is 6.13. The largest absolute Gasteiger partial charge is 0.369 e. The van der Waals surface area contributed by atoms with Crippen molar-refractivity contribution in [2.24, 2.45) is 0 Å². The van der Waals surface area contributed by atoms with E-state index in [-0.39, 0.29) is 0 Å². The summed E-state index contributed by atoms with van der Waals surface area (Å²) in [5, 5.41) is 4.47. The van der Waals surface area contributed by atoms with Gasteiger partial charge in [0, 0.05) is 42.4 Å². The molecule has 1 saturated carbocycles. The number of nitrogens with one attached hydrogen (secondary N) is 1. The van der Waals surface area contributed by atoms with Gasteiger partial charge in [-0.15, -0.1) is 0 Å². The zero-order valence-electron chi connectivity index (χ0n) is 12.7. The third kappa shape index (κ3) is 3.50. The lowest BCUT2D eigenvalue weighted by atomic mass is 10.1. The third-order valence-corrected chi connectivity index (χ3v) is 5.70. The van der Waals surface area contributed by atoms with Gasteiger partial charge in [0.05, 0.1) is 0 Å². The van der Waals surface area contributed by atoms with Gasteiger partial charge in [-0.05, 0) is 37.8 Å². The van der Waals surface area contributed by atoms with E-state index >= 15 is 0 Å². The summed E-state index contributed by atoms with van der Waals surface area (Å²) >= 11 is 2.14. The van der Waals surface area contributed by atoms with Crippen LogP contribution in [0.4, 0.5) is 5.69 Å². The van der Waals surface area contributed by atoms with Crippen LogP contribution < -0.4 is 10.2 Å². The van der Waals surface area contributed by atoms with Gasteiger partial charge in [0.2, 0.25) is 0 Å². The fraction of sp³-hybridized carbons (Fsp3) is 0.647. The Hall–Kier alpha value is -0.670. The van der Waals surface area contributed by atoms with Crippen LogP contribution in [0.1, 0.15) is 37.3 Å². The topological polar surface area (TPSA) is 15.3 Å². The van der Waals surface area contributed by atoms with Crippen molar-refractivity contribution in [2.45, 2.75) is 50.9 Å². The molecule has 110 valence electrons. The molecule has 1 aromatic carbocycles. The molecule has 0 aromatic heterocycles. The maximum Gasteiger partial charge on any atom is 0.0412 e. The van der Waals surface area contributed by atoms with Crippen LogP contribution in [0.25, 0.3) is 0 Å². The molecule has 2 aliphatic rings. The minimum absolute atomic E-state index is 0.781. The molecular weight excluding hydrogens is 264 g/mol. The van der Waals surface area contributed by atoms with E-state index in [4.69, 9.17) is 0 Å². The number of benzene rings is 1. The Morgan fingerprint density at radius 3 is 2.95 bits per heavy atom. The number of nitrogens with zero attached hydrogens (tertiary/aromatic N) is 1. The molecule has 2 fully saturated rings. The molecule has 0 spiro atoms. The molecule has 1 heterocycles. The zero-order chi connectivity index (χ0) is 13.9. The third-order valence-electron chi connectivity index (χ3n) is 4.33. The van der Waals surface area contributed by atoms with Gasteiger partial charge in [-0.1, -0.05) is 24.6 Å². The summed E-state index contributed by atoms with van der Waals surface area (Å²) in [7, 11) is 0. The van der Waals surface area contributed by atoms with Crippen molar-refractivity contribution >= 4 is 17.4 Å². The second kappa shape index (κ2) is 6.40. The van der Waals surface area contributed by atoms with Crippen molar-refractivity contribution in [3.63, 3.8) is 0 Å². The Morgan fingerprint density at radius 1 is 1.35 bits per heavy atom. The predicted molar refractivity (Wildman–Crippen MR) is 89.8 cm³/mol. The molecule has 1 aliphatic carbocycles. The van der Waals surface area contributed by atoms with Crippen molar-refractivity contribution in [3.05, 3.63) is 29.3 Å². The Bertz CT molecular complexity index is 456. The SMILES string of the molecule is CCC1CN(c2ccc(C)cc2CNC2CC2)CCS1. The number of rotatable bonds is 5. The van der Waals surface area contributed by atoms with Crippen LogP contribution in [0.3, 0.4) is 0 Å². The van der Waals surface area contributed by atoms with Gasteiger partial charge in [0.15, 0.2) is 0 Å². The van der Waals surface area contributed by atoms with Gasteiger partial charge in [0.25, 0.3) is 0 Å². The normalized spacial score (nSPS) is 23.1. The number of hydrogen-bond acceptors (Lipinski definition) is 3. The second-order valence-corrected chi connectivity index (χ2v) is 7.54. The Morgan fingerprint density at radius 2 is 2.20 bits per heavy atom. The molecule has 1 atom stereocenters. The molecule has 1 N–H and O–H groups in total. The van der Waals surface area contributed by atoms with Crippen molar-refractivity contribution in [3.8, 4) is 0 Å². The summed E-state index contributed by atoms with van der Waals surface area (Å²) < 4.78 is 0. The average molecular weight is 290 g/mol. The highest BCUT2D eigenvalue weighted by Gasteiger charge is 2.23. The first-order valence-electron chi connectivity index (χ1n) is 7.95. The van der Waals surface area contributed by atoms with E-state index in [1.807, 2.05) is 0 Å². The van der Waals surface area contributed by atoms with Crippen LogP contribution in [-0.4, -0.2) is 30.1 Å². The summed E-state index contributed by atoms with van der Waals surface area (Å²) in [5.74, 6) is 1.27. The Kier molecular flexibility index (Phi) is 4.57. The molecule has 1 saturated heterocycles. The minimum Gasteiger partial charge on any atom is -0.369 e.